The predicted octanol–water partition coefficient (Wildman–Crippen LogP) is 4.11. The Morgan fingerprint density at radius 3 is 2.78 bits per heavy atom. The maximum Gasteiger partial charge on any atom is 0.137 e. The minimum atomic E-state index is 0.450. The molecule has 0 radical (unpaired) electrons. The van der Waals surface area contributed by atoms with Crippen molar-refractivity contribution < 1.29 is 4.79 Å². The molecule has 0 aliphatic heterocycles. The van der Waals surface area contributed by atoms with Gasteiger partial charge >= 0.3 is 0 Å². The molecule has 18 heavy (non-hydrogen) atoms. The second-order valence-electron chi connectivity index (χ2n) is 6.12. The van der Waals surface area contributed by atoms with Crippen molar-refractivity contribution in [1.82, 2.24) is 0 Å². The molecule has 0 N–H and O–H groups in total. The first-order valence-electron chi connectivity index (χ1n) is 7.35. The van der Waals surface area contributed by atoms with Gasteiger partial charge in [0.15, 0.2) is 0 Å². The van der Waals surface area contributed by atoms with E-state index in [4.69, 9.17) is 0 Å². The van der Waals surface area contributed by atoms with Crippen molar-refractivity contribution in [1.29, 1.82) is 0 Å². The number of ketones is 1. The summed E-state index contributed by atoms with van der Waals surface area (Å²) in [6, 6.07) is 8.58. The Hall–Kier alpha value is -1.11. The lowest BCUT2D eigenvalue weighted by atomic mass is 9.67. The Morgan fingerprint density at radius 1 is 1.11 bits per heavy atom. The summed E-state index contributed by atoms with van der Waals surface area (Å²) in [6.45, 7) is 2.37. The zero-order valence-electron chi connectivity index (χ0n) is 11.2. The molecule has 0 aromatic heterocycles. The van der Waals surface area contributed by atoms with Crippen molar-refractivity contribution in [3.63, 3.8) is 0 Å². The Labute approximate surface area is 110 Å². The monoisotopic (exact) mass is 242 g/mol. The molecule has 1 aromatic carbocycles. The van der Waals surface area contributed by atoms with Gasteiger partial charge in [-0.05, 0) is 41.7 Å². The van der Waals surface area contributed by atoms with Gasteiger partial charge in [-0.3, -0.25) is 4.79 Å². The third-order valence-electron chi connectivity index (χ3n) is 5.03. The van der Waals surface area contributed by atoms with Crippen LogP contribution < -0.4 is 0 Å². The van der Waals surface area contributed by atoms with E-state index in [-0.39, 0.29) is 0 Å². The number of carbonyl (C=O) groups excluding carboxylic acids is 1. The third kappa shape index (κ3) is 2.11. The van der Waals surface area contributed by atoms with Gasteiger partial charge in [0.2, 0.25) is 0 Å². The van der Waals surface area contributed by atoms with Gasteiger partial charge < -0.3 is 0 Å². The van der Waals surface area contributed by atoms with E-state index in [2.05, 4.69) is 31.2 Å². The zero-order chi connectivity index (χ0) is 12.5. The summed E-state index contributed by atoms with van der Waals surface area (Å²) in [7, 11) is 0. The summed E-state index contributed by atoms with van der Waals surface area (Å²) in [5.41, 5.74) is 2.71. The number of carbonyl (C=O) groups is 1. The van der Waals surface area contributed by atoms with Crippen LogP contribution in [-0.2, 0) is 11.2 Å². The van der Waals surface area contributed by atoms with Crippen LogP contribution in [0.25, 0.3) is 0 Å². The Kier molecular flexibility index (Phi) is 3.23. The van der Waals surface area contributed by atoms with Crippen LogP contribution in [0.15, 0.2) is 24.3 Å². The molecule has 2 aliphatic rings. The molecular weight excluding hydrogens is 220 g/mol. The van der Waals surface area contributed by atoms with Crippen LogP contribution in [0.2, 0.25) is 0 Å². The van der Waals surface area contributed by atoms with E-state index in [1.807, 2.05) is 0 Å². The normalized spacial score (nSPS) is 32.1. The number of hydrogen-bond donors (Lipinski definition) is 0. The van der Waals surface area contributed by atoms with E-state index in [0.717, 1.165) is 12.3 Å². The Balaban J connectivity index is 2.00. The van der Waals surface area contributed by atoms with Crippen LogP contribution in [0.5, 0.6) is 0 Å². The summed E-state index contributed by atoms with van der Waals surface area (Å²) in [5, 5.41) is 0. The van der Waals surface area contributed by atoms with E-state index in [0.29, 0.717) is 24.0 Å². The van der Waals surface area contributed by atoms with Crippen LogP contribution >= 0.6 is 0 Å². The van der Waals surface area contributed by atoms with E-state index in [1.54, 1.807) is 0 Å². The van der Waals surface area contributed by atoms with Gasteiger partial charge in [0, 0.05) is 12.8 Å². The molecule has 1 nitrogen and oxygen atoms in total. The fraction of sp³-hybridized carbons (Fsp3) is 0.588. The van der Waals surface area contributed by atoms with Gasteiger partial charge in [0.05, 0.1) is 0 Å². The van der Waals surface area contributed by atoms with Gasteiger partial charge in [0.25, 0.3) is 0 Å². The first-order valence-corrected chi connectivity index (χ1v) is 7.35. The summed E-state index contributed by atoms with van der Waals surface area (Å²) in [4.78, 5) is 12.2. The predicted molar refractivity (Wildman–Crippen MR) is 73.6 cm³/mol. The second kappa shape index (κ2) is 4.87. The number of benzene rings is 1. The topological polar surface area (TPSA) is 17.1 Å². The lowest BCUT2D eigenvalue weighted by molar-refractivity contribution is -0.120. The SMILES string of the molecule is CC1c2ccccc2CC(=O)CC2CCCCC21. The number of rotatable bonds is 0. The van der Waals surface area contributed by atoms with E-state index in [1.165, 1.54) is 36.8 Å². The van der Waals surface area contributed by atoms with Gasteiger partial charge in [-0.2, -0.15) is 0 Å². The maximum atomic E-state index is 12.2. The molecule has 3 unspecified atom stereocenters. The molecule has 1 aromatic rings. The molecule has 3 rings (SSSR count). The molecule has 0 amide bonds. The minimum Gasteiger partial charge on any atom is -0.299 e. The van der Waals surface area contributed by atoms with Crippen molar-refractivity contribution >= 4 is 5.78 Å². The van der Waals surface area contributed by atoms with Gasteiger partial charge in [-0.25, -0.2) is 0 Å². The Bertz CT molecular complexity index is 449. The average Bonchev–Trinajstić information content (AvgIpc) is 2.38. The Morgan fingerprint density at radius 2 is 1.89 bits per heavy atom. The van der Waals surface area contributed by atoms with Gasteiger partial charge in [-0.1, -0.05) is 44.0 Å². The average molecular weight is 242 g/mol. The standard InChI is InChI=1S/C17H22O/c1-12-16-8-4-2-6-13(16)10-15(18)11-14-7-3-5-9-17(12)14/h2,4,6,8,12,14,17H,3,5,7,9-11H2,1H3. The molecule has 3 atom stereocenters. The number of hydrogen-bond acceptors (Lipinski definition) is 1. The summed E-state index contributed by atoms with van der Waals surface area (Å²) >= 11 is 0. The fourth-order valence-corrected chi connectivity index (χ4v) is 4.10. The smallest absolute Gasteiger partial charge is 0.137 e. The molecule has 96 valence electrons. The van der Waals surface area contributed by atoms with Gasteiger partial charge in [0.1, 0.15) is 5.78 Å². The van der Waals surface area contributed by atoms with Crippen LogP contribution in [0.3, 0.4) is 0 Å². The molecule has 0 spiro atoms. The first kappa shape index (κ1) is 12.0. The van der Waals surface area contributed by atoms with Crippen LogP contribution in [0.1, 0.15) is 56.1 Å². The van der Waals surface area contributed by atoms with Crippen molar-refractivity contribution in [2.45, 2.75) is 51.4 Å². The molecule has 0 saturated heterocycles. The van der Waals surface area contributed by atoms with E-state index < -0.39 is 0 Å². The van der Waals surface area contributed by atoms with Gasteiger partial charge in [-0.15, -0.1) is 0 Å². The summed E-state index contributed by atoms with van der Waals surface area (Å²) in [6.07, 6.45) is 6.73. The first-order chi connectivity index (χ1) is 8.75. The van der Waals surface area contributed by atoms with Crippen LogP contribution in [0, 0.1) is 11.8 Å². The molecule has 1 saturated carbocycles. The largest absolute Gasteiger partial charge is 0.299 e. The highest BCUT2D eigenvalue weighted by Gasteiger charge is 2.34. The van der Waals surface area contributed by atoms with Crippen molar-refractivity contribution in [3.05, 3.63) is 35.4 Å². The van der Waals surface area contributed by atoms with Crippen molar-refractivity contribution in [3.8, 4) is 0 Å². The maximum absolute atomic E-state index is 12.2. The molecular formula is C17H22O. The quantitative estimate of drug-likeness (QED) is 0.669. The summed E-state index contributed by atoms with van der Waals surface area (Å²) in [5.74, 6) is 2.45. The van der Waals surface area contributed by atoms with Crippen LogP contribution in [-0.4, -0.2) is 5.78 Å². The molecule has 0 bridgehead atoms. The van der Waals surface area contributed by atoms with Crippen LogP contribution in [0.4, 0.5) is 0 Å². The molecule has 1 heteroatoms. The van der Waals surface area contributed by atoms with E-state index >= 15 is 0 Å². The molecule has 2 aliphatic carbocycles. The number of Topliss-reactive ketones (excluding diaryl/α,β-unsaturated/α-hetero) is 1. The highest BCUT2D eigenvalue weighted by atomic mass is 16.1. The number of fused-ring (bicyclic) bond motifs is 2. The fourth-order valence-electron chi connectivity index (χ4n) is 4.10. The zero-order valence-corrected chi connectivity index (χ0v) is 11.2. The van der Waals surface area contributed by atoms with Crippen molar-refractivity contribution in [2.24, 2.45) is 11.8 Å². The van der Waals surface area contributed by atoms with Crippen molar-refractivity contribution in [2.75, 3.05) is 0 Å². The molecule has 1 fully saturated rings. The highest BCUT2D eigenvalue weighted by molar-refractivity contribution is 5.81. The third-order valence-corrected chi connectivity index (χ3v) is 5.03. The second-order valence-corrected chi connectivity index (χ2v) is 6.12. The summed E-state index contributed by atoms with van der Waals surface area (Å²) < 4.78 is 0. The lowest BCUT2D eigenvalue weighted by Gasteiger charge is -2.38. The lowest BCUT2D eigenvalue weighted by Crippen LogP contribution is -2.29. The minimum absolute atomic E-state index is 0.450. The molecule has 0 heterocycles. The van der Waals surface area contributed by atoms with E-state index in [9.17, 15) is 4.79 Å². The highest BCUT2D eigenvalue weighted by Crippen LogP contribution is 2.43.